The number of nitrogens with one attached hydrogen (secondary N) is 1. The Bertz CT molecular complexity index is 586. The van der Waals surface area contributed by atoms with E-state index in [2.05, 4.69) is 17.9 Å². The lowest BCUT2D eigenvalue weighted by Gasteiger charge is -2.15. The van der Waals surface area contributed by atoms with E-state index in [0.717, 1.165) is 5.56 Å². The molecule has 0 aromatic heterocycles. The molecule has 0 saturated carbocycles. The molecule has 0 aliphatic carbocycles. The fourth-order valence-corrected chi connectivity index (χ4v) is 2.19. The minimum atomic E-state index is -0.197. The summed E-state index contributed by atoms with van der Waals surface area (Å²) in [4.78, 5) is 12.9. The second-order valence-electron chi connectivity index (χ2n) is 4.27. The van der Waals surface area contributed by atoms with Crippen LogP contribution in [0, 0.1) is 0 Å². The van der Waals surface area contributed by atoms with Gasteiger partial charge in [-0.15, -0.1) is 12.6 Å². The summed E-state index contributed by atoms with van der Waals surface area (Å²) >= 11 is 10.2. The van der Waals surface area contributed by atoms with Crippen LogP contribution in [0.15, 0.2) is 53.4 Å². The first kappa shape index (κ1) is 14.0. The maximum absolute atomic E-state index is 12.2. The van der Waals surface area contributed by atoms with Crippen LogP contribution < -0.4 is 5.32 Å². The molecule has 98 valence electrons. The molecule has 2 rings (SSSR count). The number of hydrogen-bond acceptors (Lipinski definition) is 2. The third-order valence-corrected chi connectivity index (χ3v) is 3.45. The number of thiol groups is 1. The van der Waals surface area contributed by atoms with Crippen molar-refractivity contribution in [3.8, 4) is 0 Å². The predicted molar refractivity (Wildman–Crippen MR) is 81.0 cm³/mol. The molecular weight excluding hydrogens is 278 g/mol. The standard InChI is InChI=1S/C15H14ClNOS/c1-10(11-5-3-2-4-6-11)17-15(18)13-9-12(19)7-8-14(13)16/h2-10,19H,1H3,(H,17,18). The van der Waals surface area contributed by atoms with E-state index in [1.165, 1.54) is 0 Å². The lowest BCUT2D eigenvalue weighted by atomic mass is 10.1. The third kappa shape index (κ3) is 3.52. The van der Waals surface area contributed by atoms with E-state index in [1.807, 2.05) is 37.3 Å². The molecule has 0 saturated heterocycles. The minimum absolute atomic E-state index is 0.0756. The van der Waals surface area contributed by atoms with E-state index in [9.17, 15) is 4.79 Å². The Hall–Kier alpha value is -1.45. The normalized spacial score (nSPS) is 11.9. The van der Waals surface area contributed by atoms with Gasteiger partial charge in [-0.3, -0.25) is 4.79 Å². The summed E-state index contributed by atoms with van der Waals surface area (Å²) in [6.07, 6.45) is 0. The van der Waals surface area contributed by atoms with Crippen molar-refractivity contribution in [2.75, 3.05) is 0 Å². The molecule has 1 amide bonds. The average Bonchev–Trinajstić information content (AvgIpc) is 2.42. The molecule has 0 aliphatic heterocycles. The Morgan fingerprint density at radius 3 is 2.58 bits per heavy atom. The minimum Gasteiger partial charge on any atom is -0.345 e. The highest BCUT2D eigenvalue weighted by Crippen LogP contribution is 2.21. The molecule has 1 unspecified atom stereocenters. The molecule has 0 radical (unpaired) electrons. The van der Waals surface area contributed by atoms with E-state index in [1.54, 1.807) is 18.2 Å². The first-order chi connectivity index (χ1) is 9.08. The maximum atomic E-state index is 12.2. The number of rotatable bonds is 3. The van der Waals surface area contributed by atoms with Crippen molar-refractivity contribution in [1.82, 2.24) is 5.32 Å². The van der Waals surface area contributed by atoms with Crippen LogP contribution >= 0.6 is 24.2 Å². The monoisotopic (exact) mass is 291 g/mol. The van der Waals surface area contributed by atoms with Crippen LogP contribution in [0.25, 0.3) is 0 Å². The Balaban J connectivity index is 2.15. The number of amides is 1. The lowest BCUT2D eigenvalue weighted by molar-refractivity contribution is 0.0940. The number of carbonyl (C=O) groups excluding carboxylic acids is 1. The van der Waals surface area contributed by atoms with E-state index in [0.29, 0.717) is 15.5 Å². The molecule has 2 aromatic rings. The highest BCUT2D eigenvalue weighted by molar-refractivity contribution is 7.80. The molecule has 0 bridgehead atoms. The number of halogens is 1. The molecule has 2 nitrogen and oxygen atoms in total. The van der Waals surface area contributed by atoms with Crippen molar-refractivity contribution in [2.45, 2.75) is 17.9 Å². The Morgan fingerprint density at radius 1 is 1.21 bits per heavy atom. The summed E-state index contributed by atoms with van der Waals surface area (Å²) in [6.45, 7) is 1.94. The van der Waals surface area contributed by atoms with Crippen LogP contribution in [-0.2, 0) is 0 Å². The van der Waals surface area contributed by atoms with Crippen LogP contribution in [0.3, 0.4) is 0 Å². The molecule has 0 heterocycles. The number of hydrogen-bond donors (Lipinski definition) is 2. The Labute approximate surface area is 123 Å². The first-order valence-corrected chi connectivity index (χ1v) is 6.75. The summed E-state index contributed by atoms with van der Waals surface area (Å²) in [6, 6.07) is 14.8. The zero-order chi connectivity index (χ0) is 13.8. The van der Waals surface area contributed by atoms with E-state index >= 15 is 0 Å². The lowest BCUT2D eigenvalue weighted by Crippen LogP contribution is -2.26. The van der Waals surface area contributed by atoms with Crippen LogP contribution in [0.2, 0.25) is 5.02 Å². The highest BCUT2D eigenvalue weighted by Gasteiger charge is 2.14. The summed E-state index contributed by atoms with van der Waals surface area (Å²) in [7, 11) is 0. The second-order valence-corrected chi connectivity index (χ2v) is 5.19. The maximum Gasteiger partial charge on any atom is 0.253 e. The van der Waals surface area contributed by atoms with Gasteiger partial charge in [-0.25, -0.2) is 0 Å². The third-order valence-electron chi connectivity index (χ3n) is 2.84. The first-order valence-electron chi connectivity index (χ1n) is 5.92. The Kier molecular flexibility index (Phi) is 4.51. The molecule has 19 heavy (non-hydrogen) atoms. The molecule has 0 spiro atoms. The summed E-state index contributed by atoms with van der Waals surface area (Å²) in [5, 5.41) is 3.35. The smallest absolute Gasteiger partial charge is 0.253 e. The SMILES string of the molecule is CC(NC(=O)c1cc(S)ccc1Cl)c1ccccc1. The molecule has 0 aliphatic rings. The van der Waals surface area contributed by atoms with Crippen LogP contribution in [-0.4, -0.2) is 5.91 Å². The van der Waals surface area contributed by atoms with Crippen LogP contribution in [0.5, 0.6) is 0 Å². The van der Waals surface area contributed by atoms with Crippen molar-refractivity contribution in [3.63, 3.8) is 0 Å². The summed E-state index contributed by atoms with van der Waals surface area (Å²) in [5.41, 5.74) is 1.49. The number of carbonyl (C=O) groups is 1. The topological polar surface area (TPSA) is 29.1 Å². The van der Waals surface area contributed by atoms with Gasteiger partial charge < -0.3 is 5.32 Å². The predicted octanol–water partition coefficient (Wildman–Crippen LogP) is 4.12. The Morgan fingerprint density at radius 2 is 1.89 bits per heavy atom. The van der Waals surface area contributed by atoms with Gasteiger partial charge in [-0.2, -0.15) is 0 Å². The van der Waals surface area contributed by atoms with Gasteiger partial charge in [0.05, 0.1) is 16.6 Å². The summed E-state index contributed by atoms with van der Waals surface area (Å²) in [5.74, 6) is -0.197. The van der Waals surface area contributed by atoms with Crippen molar-refractivity contribution < 1.29 is 4.79 Å². The average molecular weight is 292 g/mol. The van der Waals surface area contributed by atoms with Gasteiger partial charge in [0.15, 0.2) is 0 Å². The quantitative estimate of drug-likeness (QED) is 0.819. The van der Waals surface area contributed by atoms with Gasteiger partial charge in [0.1, 0.15) is 0 Å². The van der Waals surface area contributed by atoms with Crippen molar-refractivity contribution in [2.24, 2.45) is 0 Å². The van der Waals surface area contributed by atoms with Gasteiger partial charge in [0.25, 0.3) is 5.91 Å². The zero-order valence-electron chi connectivity index (χ0n) is 10.4. The fraction of sp³-hybridized carbons (Fsp3) is 0.133. The van der Waals surface area contributed by atoms with Gasteiger partial charge in [-0.1, -0.05) is 41.9 Å². The molecule has 0 fully saturated rings. The van der Waals surface area contributed by atoms with Crippen molar-refractivity contribution >= 4 is 30.1 Å². The van der Waals surface area contributed by atoms with E-state index in [-0.39, 0.29) is 11.9 Å². The molecule has 4 heteroatoms. The van der Waals surface area contributed by atoms with E-state index < -0.39 is 0 Å². The largest absolute Gasteiger partial charge is 0.345 e. The fourth-order valence-electron chi connectivity index (χ4n) is 1.79. The van der Waals surface area contributed by atoms with E-state index in [4.69, 9.17) is 11.6 Å². The number of benzene rings is 2. The molecular formula is C15H14ClNOS. The van der Waals surface area contributed by atoms with Crippen molar-refractivity contribution in [3.05, 3.63) is 64.7 Å². The van der Waals surface area contributed by atoms with Crippen LogP contribution in [0.4, 0.5) is 0 Å². The second kappa shape index (κ2) is 6.13. The molecule has 2 aromatic carbocycles. The highest BCUT2D eigenvalue weighted by atomic mass is 35.5. The zero-order valence-corrected chi connectivity index (χ0v) is 12.1. The van der Waals surface area contributed by atoms with Crippen LogP contribution in [0.1, 0.15) is 28.9 Å². The molecule has 1 N–H and O–H groups in total. The van der Waals surface area contributed by atoms with Gasteiger partial charge in [-0.05, 0) is 30.7 Å². The summed E-state index contributed by atoms with van der Waals surface area (Å²) < 4.78 is 0. The van der Waals surface area contributed by atoms with Gasteiger partial charge in [0, 0.05) is 4.90 Å². The van der Waals surface area contributed by atoms with Gasteiger partial charge in [0.2, 0.25) is 0 Å². The van der Waals surface area contributed by atoms with Crippen molar-refractivity contribution in [1.29, 1.82) is 0 Å². The van der Waals surface area contributed by atoms with Gasteiger partial charge >= 0.3 is 0 Å². The molecule has 1 atom stereocenters.